The van der Waals surface area contributed by atoms with E-state index in [0.717, 1.165) is 16.9 Å². The first-order valence-corrected chi connectivity index (χ1v) is 9.85. The van der Waals surface area contributed by atoms with Crippen LogP contribution in [0.2, 0.25) is 0 Å². The van der Waals surface area contributed by atoms with Crippen molar-refractivity contribution in [2.75, 3.05) is 11.9 Å². The number of nitrogens with two attached hydrogens (primary N) is 1. The molecule has 2 aliphatic heterocycles. The van der Waals surface area contributed by atoms with Crippen LogP contribution in [0.3, 0.4) is 0 Å². The zero-order valence-corrected chi connectivity index (χ0v) is 16.3. The van der Waals surface area contributed by atoms with E-state index in [1.807, 2.05) is 24.3 Å². The number of hydrogen-bond donors (Lipinski definition) is 3. The molecule has 0 aliphatic carbocycles. The quantitative estimate of drug-likeness (QED) is 0.620. The van der Waals surface area contributed by atoms with E-state index in [2.05, 4.69) is 10.6 Å². The highest BCUT2D eigenvalue weighted by Crippen LogP contribution is 2.29. The lowest BCUT2D eigenvalue weighted by Crippen LogP contribution is -2.54. The number of carbonyl (C=O) groups excluding carboxylic acids is 4. The number of fused-ring (bicyclic) bond motifs is 1. The Bertz CT molecular complexity index is 1030. The Balaban J connectivity index is 1.48. The first-order valence-electron chi connectivity index (χ1n) is 9.85. The first-order chi connectivity index (χ1) is 14.5. The summed E-state index contributed by atoms with van der Waals surface area (Å²) < 4.78 is 0. The van der Waals surface area contributed by atoms with Gasteiger partial charge in [0.1, 0.15) is 6.04 Å². The molecule has 4 N–H and O–H groups in total. The standard InChI is InChI=1S/C22H22N4O4/c23-10-9-13-1-3-14(4-2-13)12-24-15-5-6-16-17(11-15)22(30)26(21(16)29)18-7-8-19(27)25-20(18)28/h1-6,11,18,24H,7-10,12,23H2,(H,25,27,28). The number of piperidine rings is 1. The summed E-state index contributed by atoms with van der Waals surface area (Å²) in [6.07, 6.45) is 1.07. The van der Waals surface area contributed by atoms with Gasteiger partial charge in [-0.2, -0.15) is 0 Å². The molecular formula is C22H22N4O4. The minimum Gasteiger partial charge on any atom is -0.381 e. The van der Waals surface area contributed by atoms with Gasteiger partial charge in [-0.3, -0.25) is 29.4 Å². The highest BCUT2D eigenvalue weighted by molar-refractivity contribution is 6.23. The third-order valence-corrected chi connectivity index (χ3v) is 5.39. The zero-order valence-electron chi connectivity index (χ0n) is 16.3. The summed E-state index contributed by atoms with van der Waals surface area (Å²) in [5, 5.41) is 5.45. The number of imide groups is 2. The molecule has 2 heterocycles. The van der Waals surface area contributed by atoms with Gasteiger partial charge in [-0.25, -0.2) is 0 Å². The Morgan fingerprint density at radius 3 is 2.37 bits per heavy atom. The summed E-state index contributed by atoms with van der Waals surface area (Å²) in [5.74, 6) is -2.03. The van der Waals surface area contributed by atoms with Gasteiger partial charge in [0.2, 0.25) is 11.8 Å². The van der Waals surface area contributed by atoms with Crippen molar-refractivity contribution in [3.8, 4) is 0 Å². The molecule has 2 aromatic carbocycles. The lowest BCUT2D eigenvalue weighted by Gasteiger charge is -2.27. The lowest BCUT2D eigenvalue weighted by atomic mass is 10.0. The smallest absolute Gasteiger partial charge is 0.262 e. The van der Waals surface area contributed by atoms with E-state index in [-0.39, 0.29) is 24.0 Å². The van der Waals surface area contributed by atoms with E-state index in [1.165, 1.54) is 5.56 Å². The second-order valence-corrected chi connectivity index (χ2v) is 7.42. The maximum atomic E-state index is 12.9. The Hall–Kier alpha value is -3.52. The van der Waals surface area contributed by atoms with Crippen LogP contribution in [-0.2, 0) is 22.6 Å². The van der Waals surface area contributed by atoms with E-state index in [9.17, 15) is 19.2 Å². The minimum atomic E-state index is -0.960. The molecule has 8 nitrogen and oxygen atoms in total. The summed E-state index contributed by atoms with van der Waals surface area (Å²) in [6.45, 7) is 1.16. The second-order valence-electron chi connectivity index (χ2n) is 7.42. The zero-order chi connectivity index (χ0) is 21.3. The fourth-order valence-corrected chi connectivity index (χ4v) is 3.78. The summed E-state index contributed by atoms with van der Waals surface area (Å²) in [5.41, 5.74) is 9.04. The van der Waals surface area contributed by atoms with Crippen molar-refractivity contribution < 1.29 is 19.2 Å². The van der Waals surface area contributed by atoms with E-state index >= 15 is 0 Å². The van der Waals surface area contributed by atoms with Gasteiger partial charge >= 0.3 is 0 Å². The van der Waals surface area contributed by atoms with Crippen LogP contribution in [0.1, 0.15) is 44.7 Å². The fraction of sp³-hybridized carbons (Fsp3) is 0.273. The molecule has 1 unspecified atom stereocenters. The Morgan fingerprint density at radius 1 is 0.967 bits per heavy atom. The fourth-order valence-electron chi connectivity index (χ4n) is 3.78. The molecule has 4 rings (SSSR count). The molecule has 30 heavy (non-hydrogen) atoms. The van der Waals surface area contributed by atoms with Gasteiger partial charge in [0.25, 0.3) is 11.8 Å². The predicted octanol–water partition coefficient (Wildman–Crippen LogP) is 1.20. The van der Waals surface area contributed by atoms with E-state index in [1.54, 1.807) is 18.2 Å². The third-order valence-electron chi connectivity index (χ3n) is 5.39. The molecule has 1 atom stereocenters. The third kappa shape index (κ3) is 3.69. The molecule has 0 radical (unpaired) electrons. The normalized spacial score (nSPS) is 18.4. The molecule has 0 spiro atoms. The molecule has 2 aromatic rings. The van der Waals surface area contributed by atoms with E-state index < -0.39 is 29.7 Å². The number of carbonyl (C=O) groups is 4. The van der Waals surface area contributed by atoms with Crippen molar-refractivity contribution in [2.45, 2.75) is 31.8 Å². The number of nitrogens with one attached hydrogen (secondary N) is 2. The predicted molar refractivity (Wildman–Crippen MR) is 110 cm³/mol. The van der Waals surface area contributed by atoms with Gasteiger partial charge in [0.15, 0.2) is 0 Å². The molecule has 154 valence electrons. The highest BCUT2D eigenvalue weighted by Gasteiger charge is 2.44. The lowest BCUT2D eigenvalue weighted by molar-refractivity contribution is -0.136. The van der Waals surface area contributed by atoms with Gasteiger partial charge in [-0.1, -0.05) is 24.3 Å². The van der Waals surface area contributed by atoms with Gasteiger partial charge < -0.3 is 11.1 Å². The molecule has 0 saturated carbocycles. The summed E-state index contributed by atoms with van der Waals surface area (Å²) in [6, 6.07) is 12.1. The number of amides is 4. The van der Waals surface area contributed by atoms with Crippen LogP contribution in [0.15, 0.2) is 42.5 Å². The molecular weight excluding hydrogens is 384 g/mol. The van der Waals surface area contributed by atoms with Gasteiger partial charge in [0.05, 0.1) is 11.1 Å². The second kappa shape index (κ2) is 8.08. The molecule has 4 amide bonds. The molecule has 1 saturated heterocycles. The maximum absolute atomic E-state index is 12.9. The molecule has 1 fully saturated rings. The number of nitrogens with zero attached hydrogens (tertiary/aromatic N) is 1. The number of benzene rings is 2. The number of anilines is 1. The summed E-state index contributed by atoms with van der Waals surface area (Å²) in [7, 11) is 0. The van der Waals surface area contributed by atoms with Gasteiger partial charge in [0, 0.05) is 18.7 Å². The summed E-state index contributed by atoms with van der Waals surface area (Å²) in [4.78, 5) is 50.0. The van der Waals surface area contributed by atoms with Crippen molar-refractivity contribution >= 4 is 29.3 Å². The van der Waals surface area contributed by atoms with Gasteiger partial charge in [-0.15, -0.1) is 0 Å². The average molecular weight is 406 g/mol. The molecule has 2 aliphatic rings. The van der Waals surface area contributed by atoms with Crippen molar-refractivity contribution in [1.29, 1.82) is 0 Å². The SMILES string of the molecule is NCCc1ccc(CNc2ccc3c(c2)C(=O)N(C2CCC(=O)NC2=O)C3=O)cc1. The topological polar surface area (TPSA) is 122 Å². The van der Waals surface area contributed by atoms with Crippen LogP contribution in [0.4, 0.5) is 5.69 Å². The highest BCUT2D eigenvalue weighted by atomic mass is 16.2. The van der Waals surface area contributed by atoms with Crippen LogP contribution < -0.4 is 16.4 Å². The van der Waals surface area contributed by atoms with Crippen LogP contribution in [0, 0.1) is 0 Å². The largest absolute Gasteiger partial charge is 0.381 e. The van der Waals surface area contributed by atoms with Crippen molar-refractivity contribution in [1.82, 2.24) is 10.2 Å². The molecule has 8 heteroatoms. The Labute approximate surface area is 173 Å². The molecule has 0 bridgehead atoms. The first kappa shape index (κ1) is 19.8. The van der Waals surface area contributed by atoms with Crippen molar-refractivity contribution in [3.05, 3.63) is 64.7 Å². The number of hydrogen-bond acceptors (Lipinski definition) is 6. The van der Waals surface area contributed by atoms with Crippen LogP contribution in [0.25, 0.3) is 0 Å². The summed E-state index contributed by atoms with van der Waals surface area (Å²) >= 11 is 0. The number of rotatable bonds is 6. The Morgan fingerprint density at radius 2 is 1.67 bits per heavy atom. The van der Waals surface area contributed by atoms with E-state index in [4.69, 9.17) is 5.73 Å². The van der Waals surface area contributed by atoms with Gasteiger partial charge in [-0.05, 0) is 48.7 Å². The average Bonchev–Trinajstić information content (AvgIpc) is 2.98. The van der Waals surface area contributed by atoms with E-state index in [0.29, 0.717) is 18.8 Å². The molecule has 0 aromatic heterocycles. The van der Waals surface area contributed by atoms with Crippen LogP contribution in [0.5, 0.6) is 0 Å². The monoisotopic (exact) mass is 406 g/mol. The van der Waals surface area contributed by atoms with Crippen molar-refractivity contribution in [3.63, 3.8) is 0 Å². The van der Waals surface area contributed by atoms with Crippen LogP contribution in [-0.4, -0.2) is 41.1 Å². The van der Waals surface area contributed by atoms with Crippen molar-refractivity contribution in [2.24, 2.45) is 5.73 Å². The maximum Gasteiger partial charge on any atom is 0.262 e. The van der Waals surface area contributed by atoms with Crippen LogP contribution >= 0.6 is 0 Å². The minimum absolute atomic E-state index is 0.0979. The Kier molecular flexibility index (Phi) is 5.33.